The number of rotatable bonds is 1. The van der Waals surface area contributed by atoms with Gasteiger partial charge in [-0.15, -0.1) is 0 Å². The van der Waals surface area contributed by atoms with Crippen molar-refractivity contribution in [3.8, 4) is 0 Å². The van der Waals surface area contributed by atoms with Gasteiger partial charge in [-0.1, -0.05) is 0 Å². The van der Waals surface area contributed by atoms with Crippen molar-refractivity contribution in [2.75, 3.05) is 26.2 Å². The number of fused-ring (bicyclic) bond motifs is 1. The molecule has 3 heterocycles. The monoisotopic (exact) mass is 210 g/mol. The fourth-order valence-electron chi connectivity index (χ4n) is 3.67. The quantitative estimate of drug-likeness (QED) is 0.694. The third kappa shape index (κ3) is 1.71. The van der Waals surface area contributed by atoms with Gasteiger partial charge in [0.05, 0.1) is 6.10 Å². The highest BCUT2D eigenvalue weighted by molar-refractivity contribution is 4.96. The summed E-state index contributed by atoms with van der Waals surface area (Å²) < 4.78 is 5.71. The molecule has 4 atom stereocenters. The van der Waals surface area contributed by atoms with E-state index in [1.165, 1.54) is 38.9 Å². The molecule has 0 aromatic carbocycles. The van der Waals surface area contributed by atoms with Crippen LogP contribution in [0.5, 0.6) is 0 Å². The fourth-order valence-corrected chi connectivity index (χ4v) is 3.67. The Labute approximate surface area is 92.2 Å². The molecule has 1 N–H and O–H groups in total. The molecule has 3 nitrogen and oxygen atoms in total. The Morgan fingerprint density at radius 2 is 2.13 bits per heavy atom. The maximum absolute atomic E-state index is 5.71. The molecule has 0 aromatic rings. The number of hydrogen-bond acceptors (Lipinski definition) is 3. The normalized spacial score (nSPS) is 47.0. The highest BCUT2D eigenvalue weighted by Crippen LogP contribution is 2.31. The minimum atomic E-state index is 0.448. The summed E-state index contributed by atoms with van der Waals surface area (Å²) in [7, 11) is 0. The van der Waals surface area contributed by atoms with Crippen molar-refractivity contribution in [3.63, 3.8) is 0 Å². The van der Waals surface area contributed by atoms with Crippen LogP contribution in [0.4, 0.5) is 0 Å². The van der Waals surface area contributed by atoms with Crippen molar-refractivity contribution >= 4 is 0 Å². The SMILES string of the molecule is CC1OCCC1N1CCCC2CNCC21. The summed E-state index contributed by atoms with van der Waals surface area (Å²) in [5, 5.41) is 3.55. The maximum atomic E-state index is 5.71. The van der Waals surface area contributed by atoms with Crippen molar-refractivity contribution in [2.24, 2.45) is 5.92 Å². The summed E-state index contributed by atoms with van der Waals surface area (Å²) in [6.07, 6.45) is 4.50. The summed E-state index contributed by atoms with van der Waals surface area (Å²) in [4.78, 5) is 2.74. The molecular formula is C12H22N2O. The Bertz CT molecular complexity index is 230. The second-order valence-electron chi connectivity index (χ2n) is 5.30. The summed E-state index contributed by atoms with van der Waals surface area (Å²) in [6, 6.07) is 1.49. The molecule has 0 saturated carbocycles. The van der Waals surface area contributed by atoms with Gasteiger partial charge in [0.15, 0.2) is 0 Å². The van der Waals surface area contributed by atoms with Crippen LogP contribution in [0.25, 0.3) is 0 Å². The zero-order valence-electron chi connectivity index (χ0n) is 9.61. The van der Waals surface area contributed by atoms with Gasteiger partial charge >= 0.3 is 0 Å². The molecule has 0 bridgehead atoms. The first-order chi connectivity index (χ1) is 7.36. The second-order valence-corrected chi connectivity index (χ2v) is 5.30. The molecule has 86 valence electrons. The Kier molecular flexibility index (Phi) is 2.71. The lowest BCUT2D eigenvalue weighted by molar-refractivity contribution is 0.0290. The summed E-state index contributed by atoms with van der Waals surface area (Å²) >= 11 is 0. The minimum Gasteiger partial charge on any atom is -0.377 e. The smallest absolute Gasteiger partial charge is 0.0703 e. The van der Waals surface area contributed by atoms with Crippen LogP contribution < -0.4 is 5.32 Å². The lowest BCUT2D eigenvalue weighted by atomic mass is 9.90. The van der Waals surface area contributed by atoms with Gasteiger partial charge in [-0.2, -0.15) is 0 Å². The molecule has 3 saturated heterocycles. The van der Waals surface area contributed by atoms with E-state index in [0.717, 1.165) is 18.6 Å². The highest BCUT2D eigenvalue weighted by atomic mass is 16.5. The van der Waals surface area contributed by atoms with Gasteiger partial charge in [0.2, 0.25) is 0 Å². The molecule has 0 radical (unpaired) electrons. The van der Waals surface area contributed by atoms with E-state index in [4.69, 9.17) is 4.74 Å². The van der Waals surface area contributed by atoms with E-state index in [9.17, 15) is 0 Å². The number of nitrogens with one attached hydrogen (secondary N) is 1. The summed E-state index contributed by atoms with van der Waals surface area (Å²) in [6.45, 7) is 6.94. The molecule has 15 heavy (non-hydrogen) atoms. The molecule has 4 unspecified atom stereocenters. The zero-order chi connectivity index (χ0) is 10.3. The third-order valence-corrected chi connectivity index (χ3v) is 4.48. The molecule has 3 aliphatic heterocycles. The molecule has 3 aliphatic rings. The Morgan fingerprint density at radius 3 is 2.93 bits per heavy atom. The third-order valence-electron chi connectivity index (χ3n) is 4.48. The number of ether oxygens (including phenoxy) is 1. The van der Waals surface area contributed by atoms with Crippen molar-refractivity contribution in [2.45, 2.75) is 44.4 Å². The molecular weight excluding hydrogens is 188 g/mol. The number of hydrogen-bond donors (Lipinski definition) is 1. The first-order valence-corrected chi connectivity index (χ1v) is 6.44. The van der Waals surface area contributed by atoms with Crippen LogP contribution in [0.3, 0.4) is 0 Å². The van der Waals surface area contributed by atoms with E-state index >= 15 is 0 Å². The Hall–Kier alpha value is -0.120. The predicted molar refractivity (Wildman–Crippen MR) is 59.9 cm³/mol. The van der Waals surface area contributed by atoms with Crippen molar-refractivity contribution in [3.05, 3.63) is 0 Å². The van der Waals surface area contributed by atoms with Crippen molar-refractivity contribution in [1.29, 1.82) is 0 Å². The number of likely N-dealkylation sites (tertiary alicyclic amines) is 1. The number of nitrogens with zero attached hydrogens (tertiary/aromatic N) is 1. The molecule has 3 heteroatoms. The fraction of sp³-hybridized carbons (Fsp3) is 1.00. The van der Waals surface area contributed by atoms with Crippen LogP contribution in [-0.4, -0.2) is 49.3 Å². The van der Waals surface area contributed by atoms with Gasteiger partial charge in [-0.3, -0.25) is 4.90 Å². The summed E-state index contributed by atoms with van der Waals surface area (Å²) in [5.74, 6) is 0.909. The van der Waals surface area contributed by atoms with Gasteiger partial charge in [0.25, 0.3) is 0 Å². The van der Waals surface area contributed by atoms with Gasteiger partial charge in [-0.05, 0) is 45.2 Å². The molecule has 0 aliphatic carbocycles. The molecule has 0 spiro atoms. The van der Waals surface area contributed by atoms with E-state index < -0.39 is 0 Å². The zero-order valence-corrected chi connectivity index (χ0v) is 9.61. The highest BCUT2D eigenvalue weighted by Gasteiger charge is 2.41. The molecule has 3 fully saturated rings. The molecule has 3 rings (SSSR count). The Balaban J connectivity index is 1.73. The largest absolute Gasteiger partial charge is 0.377 e. The van der Waals surface area contributed by atoms with E-state index in [2.05, 4.69) is 17.1 Å². The lowest BCUT2D eigenvalue weighted by Crippen LogP contribution is -2.52. The van der Waals surface area contributed by atoms with Crippen LogP contribution in [0.1, 0.15) is 26.2 Å². The van der Waals surface area contributed by atoms with Gasteiger partial charge < -0.3 is 10.1 Å². The van der Waals surface area contributed by atoms with Crippen LogP contribution in [0, 0.1) is 5.92 Å². The van der Waals surface area contributed by atoms with Crippen LogP contribution >= 0.6 is 0 Å². The predicted octanol–water partition coefficient (Wildman–Crippen LogP) is 0.848. The van der Waals surface area contributed by atoms with Gasteiger partial charge in [-0.25, -0.2) is 0 Å². The van der Waals surface area contributed by atoms with E-state index in [1.54, 1.807) is 0 Å². The van der Waals surface area contributed by atoms with E-state index in [0.29, 0.717) is 12.1 Å². The lowest BCUT2D eigenvalue weighted by Gasteiger charge is -2.41. The first kappa shape index (κ1) is 10.1. The average Bonchev–Trinajstić information content (AvgIpc) is 2.85. The Morgan fingerprint density at radius 1 is 1.20 bits per heavy atom. The van der Waals surface area contributed by atoms with E-state index in [-0.39, 0.29) is 0 Å². The van der Waals surface area contributed by atoms with Crippen LogP contribution in [0.15, 0.2) is 0 Å². The van der Waals surface area contributed by atoms with Crippen molar-refractivity contribution in [1.82, 2.24) is 10.2 Å². The number of piperidine rings is 1. The van der Waals surface area contributed by atoms with Gasteiger partial charge in [0.1, 0.15) is 0 Å². The average molecular weight is 210 g/mol. The first-order valence-electron chi connectivity index (χ1n) is 6.44. The topological polar surface area (TPSA) is 24.5 Å². The maximum Gasteiger partial charge on any atom is 0.0703 e. The molecule has 0 aromatic heterocycles. The summed E-state index contributed by atoms with van der Waals surface area (Å²) in [5.41, 5.74) is 0. The minimum absolute atomic E-state index is 0.448. The standard InChI is InChI=1S/C12H22N2O/c1-9-11(4-6-15-9)14-5-2-3-10-7-13-8-12(10)14/h9-13H,2-8H2,1H3. The van der Waals surface area contributed by atoms with Crippen LogP contribution in [0.2, 0.25) is 0 Å². The molecule has 0 amide bonds. The van der Waals surface area contributed by atoms with Crippen molar-refractivity contribution < 1.29 is 4.74 Å². The van der Waals surface area contributed by atoms with E-state index in [1.807, 2.05) is 0 Å². The second kappa shape index (κ2) is 4.04. The van der Waals surface area contributed by atoms with Gasteiger partial charge in [0, 0.05) is 25.2 Å². The van der Waals surface area contributed by atoms with Crippen LogP contribution in [-0.2, 0) is 4.74 Å².